The number of benzene rings is 2. The molecule has 4 nitrogen and oxygen atoms in total. The molecule has 1 unspecified atom stereocenters. The number of hydrogen-bond acceptors (Lipinski definition) is 2. The zero-order chi connectivity index (χ0) is 19.3. The van der Waals surface area contributed by atoms with E-state index in [-0.39, 0.29) is 18.2 Å². The summed E-state index contributed by atoms with van der Waals surface area (Å²) in [4.78, 5) is 24.1. The summed E-state index contributed by atoms with van der Waals surface area (Å²) in [7, 11) is 1.79. The molecule has 2 aromatic carbocycles. The number of anilines is 1. The van der Waals surface area contributed by atoms with Crippen molar-refractivity contribution in [2.24, 2.45) is 0 Å². The number of halogens is 3. The van der Waals surface area contributed by atoms with Gasteiger partial charge in [0.15, 0.2) is 12.3 Å². The molecule has 0 heterocycles. The van der Waals surface area contributed by atoms with E-state index in [0.717, 1.165) is 17.0 Å². The SMILES string of the molecule is CC(=O)c1ccc(NC(=O)C[NH+](C)Cc2ccc(C(F)(F)F)cc2)cc1. The molecule has 26 heavy (non-hydrogen) atoms. The van der Waals surface area contributed by atoms with Gasteiger partial charge in [0.05, 0.1) is 12.6 Å². The standard InChI is InChI=1S/C19H19F3N2O2/c1-13(25)15-5-9-17(10-6-15)23-18(26)12-24(2)11-14-3-7-16(8-4-14)19(20,21)22/h3-10H,11-12H2,1-2H3,(H,23,26)/p+1. The monoisotopic (exact) mass is 365 g/mol. The summed E-state index contributed by atoms with van der Waals surface area (Å²) >= 11 is 0. The first kappa shape index (κ1) is 19.7. The van der Waals surface area contributed by atoms with E-state index in [0.29, 0.717) is 23.4 Å². The van der Waals surface area contributed by atoms with Gasteiger partial charge in [-0.2, -0.15) is 13.2 Å². The molecule has 0 saturated heterocycles. The van der Waals surface area contributed by atoms with Crippen LogP contribution in [0.1, 0.15) is 28.4 Å². The lowest BCUT2D eigenvalue weighted by molar-refractivity contribution is -0.885. The Balaban J connectivity index is 1.87. The predicted molar refractivity (Wildman–Crippen MR) is 92.0 cm³/mol. The van der Waals surface area contributed by atoms with Crippen molar-refractivity contribution in [3.05, 3.63) is 65.2 Å². The molecule has 0 fully saturated rings. The molecule has 0 aromatic heterocycles. The Morgan fingerprint density at radius 3 is 2.08 bits per heavy atom. The Labute approximate surface area is 149 Å². The number of quaternary nitrogens is 1. The molecule has 2 rings (SSSR count). The molecule has 0 radical (unpaired) electrons. The highest BCUT2D eigenvalue weighted by Gasteiger charge is 2.30. The van der Waals surface area contributed by atoms with E-state index in [2.05, 4.69) is 5.32 Å². The molecule has 138 valence electrons. The lowest BCUT2D eigenvalue weighted by atomic mass is 10.1. The van der Waals surface area contributed by atoms with Gasteiger partial charge in [0.1, 0.15) is 6.54 Å². The first-order chi connectivity index (χ1) is 12.1. The summed E-state index contributed by atoms with van der Waals surface area (Å²) in [6, 6.07) is 11.5. The van der Waals surface area contributed by atoms with Gasteiger partial charge in [-0.25, -0.2) is 0 Å². The van der Waals surface area contributed by atoms with Gasteiger partial charge in [0.25, 0.3) is 5.91 Å². The van der Waals surface area contributed by atoms with Gasteiger partial charge >= 0.3 is 6.18 Å². The second-order valence-electron chi connectivity index (χ2n) is 6.19. The number of amides is 1. The van der Waals surface area contributed by atoms with Gasteiger partial charge in [-0.3, -0.25) is 9.59 Å². The van der Waals surface area contributed by atoms with Crippen LogP contribution in [0.15, 0.2) is 48.5 Å². The molecule has 0 aliphatic rings. The number of nitrogens with one attached hydrogen (secondary N) is 2. The Hall–Kier alpha value is -2.67. The Morgan fingerprint density at radius 2 is 1.58 bits per heavy atom. The van der Waals surface area contributed by atoms with Crippen molar-refractivity contribution in [3.8, 4) is 0 Å². The van der Waals surface area contributed by atoms with Crippen molar-refractivity contribution in [3.63, 3.8) is 0 Å². The zero-order valence-corrected chi connectivity index (χ0v) is 14.5. The van der Waals surface area contributed by atoms with Crippen LogP contribution < -0.4 is 10.2 Å². The second kappa shape index (κ2) is 8.14. The molecule has 0 saturated carbocycles. The summed E-state index contributed by atoms with van der Waals surface area (Å²) in [6.45, 7) is 2.05. The lowest BCUT2D eigenvalue weighted by Gasteiger charge is -2.14. The van der Waals surface area contributed by atoms with Gasteiger partial charge in [0.2, 0.25) is 0 Å². The van der Waals surface area contributed by atoms with Crippen LogP contribution in [-0.2, 0) is 17.5 Å². The fourth-order valence-electron chi connectivity index (χ4n) is 2.49. The maximum absolute atomic E-state index is 12.6. The van der Waals surface area contributed by atoms with Gasteiger partial charge < -0.3 is 10.2 Å². The summed E-state index contributed by atoms with van der Waals surface area (Å²) in [5, 5.41) is 2.73. The topological polar surface area (TPSA) is 50.6 Å². The third kappa shape index (κ3) is 5.70. The number of rotatable bonds is 6. The fourth-order valence-corrected chi connectivity index (χ4v) is 2.49. The average molecular weight is 365 g/mol. The summed E-state index contributed by atoms with van der Waals surface area (Å²) in [5.74, 6) is -0.270. The van der Waals surface area contributed by atoms with Gasteiger partial charge in [0, 0.05) is 16.8 Å². The highest BCUT2D eigenvalue weighted by molar-refractivity contribution is 5.95. The average Bonchev–Trinajstić information content (AvgIpc) is 2.54. The third-order valence-corrected chi connectivity index (χ3v) is 3.82. The number of carbonyl (C=O) groups excluding carboxylic acids is 2. The normalized spacial score (nSPS) is 12.5. The van der Waals surface area contributed by atoms with E-state index in [1.54, 1.807) is 31.3 Å². The van der Waals surface area contributed by atoms with Crippen molar-refractivity contribution >= 4 is 17.4 Å². The minimum atomic E-state index is -4.35. The maximum Gasteiger partial charge on any atom is 0.416 e. The Morgan fingerprint density at radius 1 is 1.00 bits per heavy atom. The molecule has 1 amide bonds. The van der Waals surface area contributed by atoms with E-state index in [4.69, 9.17) is 0 Å². The van der Waals surface area contributed by atoms with E-state index in [1.165, 1.54) is 19.1 Å². The quantitative estimate of drug-likeness (QED) is 0.773. The van der Waals surface area contributed by atoms with E-state index >= 15 is 0 Å². The van der Waals surface area contributed by atoms with Crippen molar-refractivity contribution in [1.82, 2.24) is 0 Å². The number of likely N-dealkylation sites (N-methyl/N-ethyl adjacent to an activating group) is 1. The van der Waals surface area contributed by atoms with Crippen molar-refractivity contribution in [2.75, 3.05) is 18.9 Å². The minimum Gasteiger partial charge on any atom is -0.326 e. The van der Waals surface area contributed by atoms with E-state index in [9.17, 15) is 22.8 Å². The highest BCUT2D eigenvalue weighted by Crippen LogP contribution is 2.28. The van der Waals surface area contributed by atoms with Crippen LogP contribution in [0.2, 0.25) is 0 Å². The van der Waals surface area contributed by atoms with Crippen LogP contribution >= 0.6 is 0 Å². The van der Waals surface area contributed by atoms with Crippen molar-refractivity contribution < 1.29 is 27.7 Å². The van der Waals surface area contributed by atoms with Crippen LogP contribution in [0.5, 0.6) is 0 Å². The molecule has 0 spiro atoms. The summed E-state index contributed by atoms with van der Waals surface area (Å²) in [5.41, 5.74) is 1.18. The summed E-state index contributed by atoms with van der Waals surface area (Å²) in [6.07, 6.45) is -4.35. The minimum absolute atomic E-state index is 0.0522. The molecule has 0 bridgehead atoms. The number of Topliss-reactive ketones (excluding diaryl/α,β-unsaturated/α-hetero) is 1. The molecule has 7 heteroatoms. The molecule has 0 aliphatic heterocycles. The van der Waals surface area contributed by atoms with E-state index < -0.39 is 11.7 Å². The molecular formula is C19H20F3N2O2+. The van der Waals surface area contributed by atoms with Crippen molar-refractivity contribution in [1.29, 1.82) is 0 Å². The van der Waals surface area contributed by atoms with Crippen LogP contribution in [0.4, 0.5) is 18.9 Å². The Kier molecular flexibility index (Phi) is 6.15. The second-order valence-corrected chi connectivity index (χ2v) is 6.19. The fraction of sp³-hybridized carbons (Fsp3) is 0.263. The molecule has 2 N–H and O–H groups in total. The molecular weight excluding hydrogens is 345 g/mol. The molecule has 2 aromatic rings. The van der Waals surface area contributed by atoms with Crippen LogP contribution in [-0.4, -0.2) is 25.3 Å². The van der Waals surface area contributed by atoms with E-state index in [1.807, 2.05) is 0 Å². The number of carbonyl (C=O) groups is 2. The van der Waals surface area contributed by atoms with Crippen LogP contribution in [0.25, 0.3) is 0 Å². The molecule has 1 atom stereocenters. The maximum atomic E-state index is 12.6. The number of alkyl halides is 3. The van der Waals surface area contributed by atoms with Crippen LogP contribution in [0, 0.1) is 0 Å². The van der Waals surface area contributed by atoms with Gasteiger partial charge in [-0.15, -0.1) is 0 Å². The number of ketones is 1. The first-order valence-corrected chi connectivity index (χ1v) is 8.03. The van der Waals surface area contributed by atoms with Crippen LogP contribution in [0.3, 0.4) is 0 Å². The predicted octanol–water partition coefficient (Wildman–Crippen LogP) is 2.56. The number of hydrogen-bond donors (Lipinski definition) is 2. The lowest BCUT2D eigenvalue weighted by Crippen LogP contribution is -3.08. The zero-order valence-electron chi connectivity index (χ0n) is 14.5. The van der Waals surface area contributed by atoms with Gasteiger partial charge in [-0.05, 0) is 43.3 Å². The largest absolute Gasteiger partial charge is 0.416 e. The first-order valence-electron chi connectivity index (χ1n) is 8.03. The highest BCUT2D eigenvalue weighted by atomic mass is 19.4. The van der Waals surface area contributed by atoms with Gasteiger partial charge in [-0.1, -0.05) is 12.1 Å². The smallest absolute Gasteiger partial charge is 0.326 e. The molecule has 0 aliphatic carbocycles. The third-order valence-electron chi connectivity index (χ3n) is 3.82. The van der Waals surface area contributed by atoms with Crippen molar-refractivity contribution in [2.45, 2.75) is 19.6 Å². The summed E-state index contributed by atoms with van der Waals surface area (Å²) < 4.78 is 37.7. The Bertz CT molecular complexity index is 769.